The average molecular weight is 260 g/mol. The Hall–Kier alpha value is -0.860. The van der Waals surface area contributed by atoms with Crippen molar-refractivity contribution in [1.82, 2.24) is 10.2 Å². The Bertz CT molecular complexity index is 330. The summed E-state index contributed by atoms with van der Waals surface area (Å²) in [6, 6.07) is 11.6. The first-order valence-corrected chi connectivity index (χ1v) is 7.88. The van der Waals surface area contributed by atoms with Crippen molar-refractivity contribution >= 4 is 0 Å². The van der Waals surface area contributed by atoms with E-state index in [0.29, 0.717) is 0 Å². The van der Waals surface area contributed by atoms with E-state index in [1.807, 2.05) is 0 Å². The SMILES string of the molecule is CCCN(CCc1ccccc1)CC1CCCCN1. The van der Waals surface area contributed by atoms with Crippen LogP contribution in [0, 0.1) is 0 Å². The van der Waals surface area contributed by atoms with Crippen LogP contribution in [0.5, 0.6) is 0 Å². The smallest absolute Gasteiger partial charge is 0.0195 e. The number of nitrogens with one attached hydrogen (secondary N) is 1. The van der Waals surface area contributed by atoms with Crippen molar-refractivity contribution in [3.63, 3.8) is 0 Å². The van der Waals surface area contributed by atoms with Gasteiger partial charge < -0.3 is 10.2 Å². The van der Waals surface area contributed by atoms with Crippen molar-refractivity contribution in [2.24, 2.45) is 0 Å². The summed E-state index contributed by atoms with van der Waals surface area (Å²) in [6.45, 7) is 7.13. The minimum absolute atomic E-state index is 0.719. The second-order valence-corrected chi connectivity index (χ2v) is 5.68. The first-order chi connectivity index (χ1) is 9.38. The molecule has 1 unspecified atom stereocenters. The summed E-state index contributed by atoms with van der Waals surface area (Å²) >= 11 is 0. The Kier molecular flexibility index (Phi) is 6.38. The molecule has 1 atom stereocenters. The highest BCUT2D eigenvalue weighted by Crippen LogP contribution is 2.10. The molecule has 1 aliphatic rings. The molecule has 1 N–H and O–H groups in total. The van der Waals surface area contributed by atoms with Crippen LogP contribution < -0.4 is 5.32 Å². The van der Waals surface area contributed by atoms with Crippen LogP contribution in [0.2, 0.25) is 0 Å². The van der Waals surface area contributed by atoms with E-state index in [9.17, 15) is 0 Å². The summed E-state index contributed by atoms with van der Waals surface area (Å²) in [5.41, 5.74) is 1.46. The molecule has 1 fully saturated rings. The van der Waals surface area contributed by atoms with Gasteiger partial charge in [0.05, 0.1) is 0 Å². The zero-order valence-corrected chi connectivity index (χ0v) is 12.3. The molecular weight excluding hydrogens is 232 g/mol. The lowest BCUT2D eigenvalue weighted by Gasteiger charge is -2.30. The first-order valence-electron chi connectivity index (χ1n) is 7.88. The molecule has 1 aromatic carbocycles. The van der Waals surface area contributed by atoms with Gasteiger partial charge in [-0.25, -0.2) is 0 Å². The monoisotopic (exact) mass is 260 g/mol. The maximum absolute atomic E-state index is 3.66. The zero-order chi connectivity index (χ0) is 13.3. The molecular formula is C17H28N2. The molecule has 0 amide bonds. The molecule has 106 valence electrons. The maximum atomic E-state index is 3.66. The quantitative estimate of drug-likeness (QED) is 0.810. The molecule has 1 heterocycles. The predicted molar refractivity (Wildman–Crippen MR) is 82.5 cm³/mol. The molecule has 1 saturated heterocycles. The van der Waals surface area contributed by atoms with E-state index in [4.69, 9.17) is 0 Å². The van der Waals surface area contributed by atoms with E-state index < -0.39 is 0 Å². The van der Waals surface area contributed by atoms with Crippen molar-refractivity contribution in [1.29, 1.82) is 0 Å². The van der Waals surface area contributed by atoms with Gasteiger partial charge >= 0.3 is 0 Å². The molecule has 0 saturated carbocycles. The van der Waals surface area contributed by atoms with Crippen LogP contribution in [0.25, 0.3) is 0 Å². The molecule has 19 heavy (non-hydrogen) atoms. The van der Waals surface area contributed by atoms with Gasteiger partial charge in [-0.3, -0.25) is 0 Å². The standard InChI is InChI=1S/C17H28N2/c1-2-13-19(15-17-10-6-7-12-18-17)14-11-16-8-4-3-5-9-16/h3-5,8-9,17-18H,2,6-7,10-15H2,1H3. The van der Waals surface area contributed by atoms with Crippen LogP contribution in [0.4, 0.5) is 0 Å². The maximum Gasteiger partial charge on any atom is 0.0195 e. The lowest BCUT2D eigenvalue weighted by molar-refractivity contribution is 0.226. The largest absolute Gasteiger partial charge is 0.313 e. The van der Waals surface area contributed by atoms with Crippen molar-refractivity contribution in [3.05, 3.63) is 35.9 Å². The summed E-state index contributed by atoms with van der Waals surface area (Å²) < 4.78 is 0. The van der Waals surface area contributed by atoms with Gasteiger partial charge in [-0.05, 0) is 44.3 Å². The summed E-state index contributed by atoms with van der Waals surface area (Å²) in [5, 5.41) is 3.66. The van der Waals surface area contributed by atoms with Crippen LogP contribution in [0.15, 0.2) is 30.3 Å². The summed E-state index contributed by atoms with van der Waals surface area (Å²) in [7, 11) is 0. The average Bonchev–Trinajstić information content (AvgIpc) is 2.47. The highest BCUT2D eigenvalue weighted by Gasteiger charge is 2.15. The number of nitrogens with zero attached hydrogens (tertiary/aromatic N) is 1. The Labute approximate surface area is 118 Å². The number of hydrogen-bond donors (Lipinski definition) is 1. The first kappa shape index (κ1) is 14.5. The van der Waals surface area contributed by atoms with Gasteiger partial charge in [-0.15, -0.1) is 0 Å². The van der Waals surface area contributed by atoms with Gasteiger partial charge in [0.2, 0.25) is 0 Å². The highest BCUT2D eigenvalue weighted by molar-refractivity contribution is 5.14. The molecule has 0 spiro atoms. The summed E-state index contributed by atoms with van der Waals surface area (Å²) in [6.07, 6.45) is 6.53. The number of piperidine rings is 1. The van der Waals surface area contributed by atoms with Crippen molar-refractivity contribution < 1.29 is 0 Å². The molecule has 0 aromatic heterocycles. The van der Waals surface area contributed by atoms with Gasteiger partial charge in [0.25, 0.3) is 0 Å². The Morgan fingerprint density at radius 3 is 2.68 bits per heavy atom. The molecule has 0 radical (unpaired) electrons. The Morgan fingerprint density at radius 2 is 2.00 bits per heavy atom. The van der Waals surface area contributed by atoms with Gasteiger partial charge in [-0.1, -0.05) is 43.7 Å². The van der Waals surface area contributed by atoms with E-state index in [-0.39, 0.29) is 0 Å². The third kappa shape index (κ3) is 5.33. The third-order valence-electron chi connectivity index (χ3n) is 3.99. The Balaban J connectivity index is 1.78. The van der Waals surface area contributed by atoms with E-state index in [0.717, 1.165) is 6.04 Å². The lowest BCUT2D eigenvalue weighted by atomic mass is 10.0. The fourth-order valence-corrected chi connectivity index (χ4v) is 2.93. The van der Waals surface area contributed by atoms with Crippen molar-refractivity contribution in [2.45, 2.75) is 45.1 Å². The van der Waals surface area contributed by atoms with Crippen LogP contribution >= 0.6 is 0 Å². The van der Waals surface area contributed by atoms with Gasteiger partial charge in [0.1, 0.15) is 0 Å². The highest BCUT2D eigenvalue weighted by atomic mass is 15.1. The fraction of sp³-hybridized carbons (Fsp3) is 0.647. The van der Waals surface area contributed by atoms with E-state index in [2.05, 4.69) is 47.5 Å². The van der Waals surface area contributed by atoms with E-state index in [1.54, 1.807) is 0 Å². The summed E-state index contributed by atoms with van der Waals surface area (Å²) in [5.74, 6) is 0. The molecule has 2 nitrogen and oxygen atoms in total. The normalized spacial score (nSPS) is 19.8. The number of rotatable bonds is 7. The van der Waals surface area contributed by atoms with Crippen LogP contribution in [0.3, 0.4) is 0 Å². The lowest BCUT2D eigenvalue weighted by Crippen LogP contribution is -2.44. The van der Waals surface area contributed by atoms with Crippen LogP contribution in [0.1, 0.15) is 38.2 Å². The molecule has 0 aliphatic carbocycles. The second-order valence-electron chi connectivity index (χ2n) is 5.68. The number of hydrogen-bond acceptors (Lipinski definition) is 2. The van der Waals surface area contributed by atoms with E-state index in [1.165, 1.54) is 63.8 Å². The minimum atomic E-state index is 0.719. The number of benzene rings is 1. The second kappa shape index (κ2) is 8.34. The molecule has 0 bridgehead atoms. The summed E-state index contributed by atoms with van der Waals surface area (Å²) in [4.78, 5) is 2.63. The molecule has 2 heteroatoms. The van der Waals surface area contributed by atoms with Crippen LogP contribution in [-0.2, 0) is 6.42 Å². The topological polar surface area (TPSA) is 15.3 Å². The molecule has 2 rings (SSSR count). The Morgan fingerprint density at radius 1 is 1.16 bits per heavy atom. The zero-order valence-electron chi connectivity index (χ0n) is 12.3. The van der Waals surface area contributed by atoms with Crippen molar-refractivity contribution in [3.8, 4) is 0 Å². The van der Waals surface area contributed by atoms with Crippen LogP contribution in [-0.4, -0.2) is 37.1 Å². The van der Waals surface area contributed by atoms with E-state index >= 15 is 0 Å². The van der Waals surface area contributed by atoms with Gasteiger partial charge in [0, 0.05) is 19.1 Å². The third-order valence-corrected chi connectivity index (χ3v) is 3.99. The fourth-order valence-electron chi connectivity index (χ4n) is 2.93. The van der Waals surface area contributed by atoms with Gasteiger partial charge in [-0.2, -0.15) is 0 Å². The molecule has 1 aliphatic heterocycles. The van der Waals surface area contributed by atoms with Crippen molar-refractivity contribution in [2.75, 3.05) is 26.2 Å². The minimum Gasteiger partial charge on any atom is -0.313 e. The molecule has 1 aromatic rings. The predicted octanol–water partition coefficient (Wildman–Crippen LogP) is 3.08. The van der Waals surface area contributed by atoms with Gasteiger partial charge in [0.15, 0.2) is 0 Å².